The van der Waals surface area contributed by atoms with Gasteiger partial charge in [0.1, 0.15) is 17.7 Å². The molecule has 3 N–H and O–H groups in total. The van der Waals surface area contributed by atoms with Gasteiger partial charge in [0.15, 0.2) is 0 Å². The molecule has 2 saturated heterocycles. The molecule has 2 amide bonds. The first kappa shape index (κ1) is 33.2. The molecule has 3 fully saturated rings. The van der Waals surface area contributed by atoms with Crippen LogP contribution >= 0.6 is 0 Å². The van der Waals surface area contributed by atoms with E-state index in [0.29, 0.717) is 64.0 Å². The number of carbonyl (C=O) groups excluding carboxylic acids is 2. The van der Waals surface area contributed by atoms with Crippen molar-refractivity contribution in [3.8, 4) is 0 Å². The molecule has 1 saturated carbocycles. The lowest BCUT2D eigenvalue weighted by atomic mass is 9.76. The minimum absolute atomic E-state index is 0.0794. The monoisotopic (exact) mass is 648 g/mol. The van der Waals surface area contributed by atoms with Gasteiger partial charge in [0.05, 0.1) is 12.4 Å². The van der Waals surface area contributed by atoms with E-state index in [1.165, 1.54) is 31.4 Å². The van der Waals surface area contributed by atoms with Gasteiger partial charge in [0, 0.05) is 55.6 Å². The summed E-state index contributed by atoms with van der Waals surface area (Å²) < 4.78 is 67.8. The third kappa shape index (κ3) is 7.82. The number of nitrogens with zero attached hydrogens (tertiary/aromatic N) is 1. The SMILES string of the molecule is COC(=O)N[C@H](C(=O)Nc1cccc(F)c1CC[C@H]1CNC[C@H](C)N1S(=O)(=O)C1CC1)C(c1ccc(F)cc1)C1CCOCC1. The van der Waals surface area contributed by atoms with Crippen LogP contribution in [0.3, 0.4) is 0 Å². The Kier molecular flexibility index (Phi) is 10.7. The second-order valence-corrected chi connectivity index (χ2v) is 14.3. The van der Waals surface area contributed by atoms with Crippen molar-refractivity contribution in [1.82, 2.24) is 14.9 Å². The maximum absolute atomic E-state index is 15.4. The number of alkyl carbamates (subject to hydrolysis) is 1. The van der Waals surface area contributed by atoms with Crippen molar-refractivity contribution >= 4 is 27.7 Å². The fraction of sp³-hybridized carbons (Fsp3) is 0.562. The third-order valence-corrected chi connectivity index (χ3v) is 11.6. The van der Waals surface area contributed by atoms with Crippen LogP contribution in [0.4, 0.5) is 19.3 Å². The number of rotatable bonds is 11. The molecule has 2 heterocycles. The minimum atomic E-state index is -3.46. The van der Waals surface area contributed by atoms with E-state index in [4.69, 9.17) is 9.47 Å². The zero-order valence-corrected chi connectivity index (χ0v) is 26.5. The summed E-state index contributed by atoms with van der Waals surface area (Å²) in [5.74, 6) is -2.18. The van der Waals surface area contributed by atoms with Crippen LogP contribution in [0.25, 0.3) is 0 Å². The largest absolute Gasteiger partial charge is 0.453 e. The highest BCUT2D eigenvalue weighted by Gasteiger charge is 2.46. The smallest absolute Gasteiger partial charge is 0.407 e. The van der Waals surface area contributed by atoms with Crippen LogP contribution in [0, 0.1) is 17.6 Å². The second kappa shape index (κ2) is 14.5. The molecular formula is C32H42F2N4O6S. The highest BCUT2D eigenvalue weighted by Crippen LogP contribution is 2.37. The highest BCUT2D eigenvalue weighted by atomic mass is 32.2. The lowest BCUT2D eigenvalue weighted by Gasteiger charge is -2.40. The summed E-state index contributed by atoms with van der Waals surface area (Å²) in [5.41, 5.74) is 1.14. The normalized spacial score (nSPS) is 22.8. The molecule has 5 rings (SSSR count). The highest BCUT2D eigenvalue weighted by molar-refractivity contribution is 7.90. The van der Waals surface area contributed by atoms with Crippen molar-refractivity contribution in [3.05, 3.63) is 65.2 Å². The predicted molar refractivity (Wildman–Crippen MR) is 165 cm³/mol. The van der Waals surface area contributed by atoms with Crippen LogP contribution < -0.4 is 16.0 Å². The summed E-state index contributed by atoms with van der Waals surface area (Å²) in [7, 11) is -2.26. The fourth-order valence-corrected chi connectivity index (χ4v) is 8.92. The molecule has 246 valence electrons. The molecule has 4 atom stereocenters. The van der Waals surface area contributed by atoms with Crippen molar-refractivity contribution in [3.63, 3.8) is 0 Å². The Morgan fingerprint density at radius 2 is 1.78 bits per heavy atom. The number of benzene rings is 2. The lowest BCUT2D eigenvalue weighted by Crippen LogP contribution is -2.59. The molecule has 2 aliphatic heterocycles. The molecule has 0 bridgehead atoms. The van der Waals surface area contributed by atoms with Crippen LogP contribution in [-0.4, -0.2) is 81.5 Å². The molecule has 10 nitrogen and oxygen atoms in total. The molecule has 0 radical (unpaired) electrons. The van der Waals surface area contributed by atoms with E-state index in [-0.39, 0.29) is 40.9 Å². The number of ether oxygens (including phenoxy) is 2. The number of nitrogens with one attached hydrogen (secondary N) is 3. The van der Waals surface area contributed by atoms with Crippen LogP contribution in [-0.2, 0) is 30.7 Å². The van der Waals surface area contributed by atoms with E-state index in [1.54, 1.807) is 22.5 Å². The van der Waals surface area contributed by atoms with E-state index < -0.39 is 45.6 Å². The van der Waals surface area contributed by atoms with E-state index in [9.17, 15) is 22.4 Å². The molecule has 1 aliphatic carbocycles. The maximum Gasteiger partial charge on any atom is 0.407 e. The standard InChI is InChI=1S/C32H42F2N4O6S/c1-20-18-35-19-24(38(20)45(41,42)25-11-12-25)10-13-26-27(34)4-3-5-28(26)36-31(39)30(37-32(40)43-2)29(22-14-16-44-17-15-22)21-6-8-23(33)9-7-21/h3-9,20,22,24-25,29-30,35H,10-19H2,1-2H3,(H,36,39)(H,37,40)/t20-,24-,29?,30-/m0/s1. The quantitative estimate of drug-likeness (QED) is 0.337. The number of carbonyl (C=O) groups is 2. The van der Waals surface area contributed by atoms with Gasteiger partial charge in [-0.1, -0.05) is 18.2 Å². The molecular weight excluding hydrogens is 606 g/mol. The van der Waals surface area contributed by atoms with Crippen molar-refractivity contribution in [2.75, 3.05) is 38.7 Å². The number of hydrogen-bond donors (Lipinski definition) is 3. The van der Waals surface area contributed by atoms with Gasteiger partial charge in [-0.2, -0.15) is 4.31 Å². The Hall–Kier alpha value is -3.13. The Morgan fingerprint density at radius 1 is 1.07 bits per heavy atom. The molecule has 45 heavy (non-hydrogen) atoms. The van der Waals surface area contributed by atoms with Crippen molar-refractivity contribution < 1.29 is 36.3 Å². The van der Waals surface area contributed by atoms with Crippen molar-refractivity contribution in [1.29, 1.82) is 0 Å². The number of anilines is 1. The van der Waals surface area contributed by atoms with Gasteiger partial charge in [-0.15, -0.1) is 0 Å². The summed E-state index contributed by atoms with van der Waals surface area (Å²) in [6.07, 6.45) is 2.25. The molecule has 3 aliphatic rings. The Balaban J connectivity index is 1.41. The summed E-state index contributed by atoms with van der Waals surface area (Å²) >= 11 is 0. The van der Waals surface area contributed by atoms with Crippen molar-refractivity contribution in [2.45, 2.75) is 74.7 Å². The van der Waals surface area contributed by atoms with Crippen LogP contribution in [0.2, 0.25) is 0 Å². The average Bonchev–Trinajstić information content (AvgIpc) is 3.88. The van der Waals surface area contributed by atoms with Crippen LogP contribution in [0.15, 0.2) is 42.5 Å². The number of amides is 2. The van der Waals surface area contributed by atoms with Gasteiger partial charge in [0.2, 0.25) is 15.9 Å². The zero-order valence-electron chi connectivity index (χ0n) is 25.6. The number of sulfonamides is 1. The zero-order chi connectivity index (χ0) is 32.1. The van der Waals surface area contributed by atoms with E-state index in [1.807, 2.05) is 6.92 Å². The molecule has 0 spiro atoms. The summed E-state index contributed by atoms with van der Waals surface area (Å²) in [5, 5.41) is 8.46. The molecule has 2 aromatic rings. The van der Waals surface area contributed by atoms with E-state index in [0.717, 1.165) is 0 Å². The topological polar surface area (TPSA) is 126 Å². The number of hydrogen-bond acceptors (Lipinski definition) is 7. The average molecular weight is 649 g/mol. The Bertz CT molecular complexity index is 1450. The number of halogens is 2. The van der Waals surface area contributed by atoms with Gasteiger partial charge in [-0.05, 0) is 81.2 Å². The molecule has 1 unspecified atom stereocenters. The number of methoxy groups -OCH3 is 1. The minimum Gasteiger partial charge on any atom is -0.453 e. The molecule has 2 aromatic carbocycles. The first-order valence-electron chi connectivity index (χ1n) is 15.6. The summed E-state index contributed by atoms with van der Waals surface area (Å²) in [4.78, 5) is 26.6. The second-order valence-electron chi connectivity index (χ2n) is 12.2. The van der Waals surface area contributed by atoms with E-state index >= 15 is 4.39 Å². The van der Waals surface area contributed by atoms with E-state index in [2.05, 4.69) is 16.0 Å². The van der Waals surface area contributed by atoms with Gasteiger partial charge in [0.25, 0.3) is 0 Å². The first-order chi connectivity index (χ1) is 21.6. The predicted octanol–water partition coefficient (Wildman–Crippen LogP) is 3.93. The third-order valence-electron chi connectivity index (χ3n) is 9.09. The molecule has 0 aromatic heterocycles. The van der Waals surface area contributed by atoms with Gasteiger partial charge in [-0.3, -0.25) is 4.79 Å². The summed E-state index contributed by atoms with van der Waals surface area (Å²) in [6.45, 7) is 3.82. The number of piperazine rings is 1. The Labute approximate surface area is 263 Å². The fourth-order valence-electron chi connectivity index (χ4n) is 6.68. The van der Waals surface area contributed by atoms with Gasteiger partial charge in [-0.25, -0.2) is 22.0 Å². The Morgan fingerprint density at radius 3 is 2.44 bits per heavy atom. The summed E-state index contributed by atoms with van der Waals surface area (Å²) in [6, 6.07) is 8.48. The molecule has 13 heteroatoms. The van der Waals surface area contributed by atoms with Crippen molar-refractivity contribution in [2.24, 2.45) is 5.92 Å². The maximum atomic E-state index is 15.4. The van der Waals surface area contributed by atoms with Crippen LogP contribution in [0.5, 0.6) is 0 Å². The van der Waals surface area contributed by atoms with Gasteiger partial charge < -0.3 is 25.4 Å². The first-order valence-corrected chi connectivity index (χ1v) is 17.1. The lowest BCUT2D eigenvalue weighted by molar-refractivity contribution is -0.119. The van der Waals surface area contributed by atoms with Crippen LogP contribution in [0.1, 0.15) is 56.1 Å². The van der Waals surface area contributed by atoms with Gasteiger partial charge >= 0.3 is 6.09 Å².